The zero-order valence-electron chi connectivity index (χ0n) is 17.6. The molecule has 1 aliphatic rings. The Morgan fingerprint density at radius 3 is 2.66 bits per heavy atom. The average molecular weight is 447 g/mol. The molecule has 0 spiro atoms. The van der Waals surface area contributed by atoms with E-state index < -0.39 is 12.0 Å². The summed E-state index contributed by atoms with van der Waals surface area (Å²) >= 11 is 1.31. The van der Waals surface area contributed by atoms with Gasteiger partial charge in [0.25, 0.3) is 17.0 Å². The first kappa shape index (κ1) is 21.6. The number of hydrogen-bond acceptors (Lipinski definition) is 6. The summed E-state index contributed by atoms with van der Waals surface area (Å²) in [4.78, 5) is 18.7. The molecule has 1 atom stereocenters. The van der Waals surface area contributed by atoms with E-state index in [1.54, 1.807) is 27.8 Å². The molecular formula is C24H22N4O3S. The highest BCUT2D eigenvalue weighted by Gasteiger charge is 2.43. The number of anilines is 1. The van der Waals surface area contributed by atoms with Crippen molar-refractivity contribution >= 4 is 23.4 Å². The number of nitrogens with zero attached hydrogens (tertiary/aromatic N) is 4. The van der Waals surface area contributed by atoms with E-state index in [0.717, 1.165) is 5.56 Å². The van der Waals surface area contributed by atoms with Crippen molar-refractivity contribution in [1.82, 2.24) is 10.1 Å². The van der Waals surface area contributed by atoms with Crippen LogP contribution in [-0.2, 0) is 4.79 Å². The van der Waals surface area contributed by atoms with Crippen molar-refractivity contribution in [2.75, 3.05) is 17.3 Å². The molecule has 2 aromatic carbocycles. The van der Waals surface area contributed by atoms with Gasteiger partial charge in [-0.3, -0.25) is 4.79 Å². The van der Waals surface area contributed by atoms with E-state index in [2.05, 4.69) is 23.2 Å². The van der Waals surface area contributed by atoms with Crippen LogP contribution in [0.1, 0.15) is 18.7 Å². The molecule has 0 fully saturated rings. The van der Waals surface area contributed by atoms with Gasteiger partial charge >= 0.3 is 0 Å². The Labute approximate surface area is 190 Å². The van der Waals surface area contributed by atoms with Crippen molar-refractivity contribution in [2.24, 2.45) is 0 Å². The zero-order chi connectivity index (χ0) is 22.7. The van der Waals surface area contributed by atoms with Gasteiger partial charge in [0, 0.05) is 23.3 Å². The molecule has 3 aromatic rings. The first-order valence-electron chi connectivity index (χ1n) is 10.0. The molecule has 0 saturated carbocycles. The minimum absolute atomic E-state index is 0.168. The number of aromatic nitrogens is 3. The Bertz CT molecular complexity index is 1180. The largest absolute Gasteiger partial charge is 0.854 e. The lowest BCUT2D eigenvalue weighted by Gasteiger charge is -2.32. The smallest absolute Gasteiger partial charge is 0.293 e. The van der Waals surface area contributed by atoms with E-state index in [1.807, 2.05) is 42.5 Å². The first-order valence-corrected chi connectivity index (χ1v) is 11.0. The number of amides is 1. The van der Waals surface area contributed by atoms with E-state index in [0.29, 0.717) is 40.2 Å². The third-order valence-electron chi connectivity index (χ3n) is 4.93. The Morgan fingerprint density at radius 1 is 1.22 bits per heavy atom. The highest BCUT2D eigenvalue weighted by Crippen LogP contribution is 2.41. The summed E-state index contributed by atoms with van der Waals surface area (Å²) in [7, 11) is 0. The van der Waals surface area contributed by atoms with Crippen molar-refractivity contribution < 1.29 is 19.3 Å². The normalized spacial score (nSPS) is 14.3. The fourth-order valence-corrected chi connectivity index (χ4v) is 4.22. The van der Waals surface area contributed by atoms with Crippen LogP contribution in [0.2, 0.25) is 0 Å². The quantitative estimate of drug-likeness (QED) is 0.315. The molecule has 0 aliphatic carbocycles. The van der Waals surface area contributed by atoms with Crippen LogP contribution in [0.4, 0.5) is 5.69 Å². The SMILES string of the molecule is C=CCOc1ccc(C2N(C(C)=O)c3ccccc3-c3c([O-])nc(SCC=C)n[n+]32)cc1. The number of rotatable bonds is 7. The van der Waals surface area contributed by atoms with Gasteiger partial charge in [-0.15, -0.1) is 6.58 Å². The predicted octanol–water partition coefficient (Wildman–Crippen LogP) is 3.26. The van der Waals surface area contributed by atoms with E-state index in [1.165, 1.54) is 18.7 Å². The molecule has 7 nitrogen and oxygen atoms in total. The molecule has 0 N–H and O–H groups in total. The number of para-hydroxylation sites is 1. The standard InChI is InChI=1S/C24H22N4O3S/c1-4-14-31-18-12-10-17(11-13-18)23-27(16(3)29)20-9-7-6-8-19(20)21-22(30)25-24(26-28(21)23)32-15-5-2/h4-13,23H,1-2,14-15H2,3H3. The second-order valence-corrected chi connectivity index (χ2v) is 8.03. The molecule has 4 rings (SSSR count). The highest BCUT2D eigenvalue weighted by atomic mass is 32.2. The number of fused-ring (bicyclic) bond motifs is 3. The summed E-state index contributed by atoms with van der Waals surface area (Å²) < 4.78 is 7.19. The third-order valence-corrected chi connectivity index (χ3v) is 5.77. The lowest BCUT2D eigenvalue weighted by Crippen LogP contribution is -2.58. The Kier molecular flexibility index (Phi) is 6.23. The molecule has 1 aliphatic heterocycles. The maximum absolute atomic E-state index is 13.1. The average Bonchev–Trinajstić information content (AvgIpc) is 2.80. The molecule has 8 heteroatoms. The molecule has 0 bridgehead atoms. The number of carbonyl (C=O) groups is 1. The van der Waals surface area contributed by atoms with Crippen LogP contribution >= 0.6 is 11.8 Å². The molecule has 32 heavy (non-hydrogen) atoms. The summed E-state index contributed by atoms with van der Waals surface area (Å²) in [6.07, 6.45) is 2.74. The minimum Gasteiger partial charge on any atom is -0.854 e. The molecule has 1 aromatic heterocycles. The van der Waals surface area contributed by atoms with Gasteiger partial charge in [-0.2, -0.15) is 0 Å². The molecule has 0 saturated heterocycles. The minimum atomic E-state index is -0.648. The van der Waals surface area contributed by atoms with Crippen LogP contribution in [-0.4, -0.2) is 28.3 Å². The summed E-state index contributed by atoms with van der Waals surface area (Å²) in [6, 6.07) is 14.7. The van der Waals surface area contributed by atoms with E-state index in [9.17, 15) is 9.90 Å². The molecule has 1 unspecified atom stereocenters. The van der Waals surface area contributed by atoms with Gasteiger partial charge < -0.3 is 9.84 Å². The molecule has 162 valence electrons. The predicted molar refractivity (Wildman–Crippen MR) is 121 cm³/mol. The zero-order valence-corrected chi connectivity index (χ0v) is 18.4. The molecule has 2 heterocycles. The Morgan fingerprint density at radius 2 is 1.97 bits per heavy atom. The maximum atomic E-state index is 13.1. The van der Waals surface area contributed by atoms with Crippen molar-refractivity contribution in [3.05, 3.63) is 79.4 Å². The van der Waals surface area contributed by atoms with Crippen LogP contribution in [0.5, 0.6) is 11.6 Å². The Balaban J connectivity index is 1.91. The Hall–Kier alpha value is -3.65. The second kappa shape index (κ2) is 9.23. The van der Waals surface area contributed by atoms with Gasteiger partial charge in [-0.1, -0.05) is 47.3 Å². The number of thioether (sulfide) groups is 1. The van der Waals surface area contributed by atoms with E-state index in [-0.39, 0.29) is 5.91 Å². The van der Waals surface area contributed by atoms with Crippen LogP contribution in [0.25, 0.3) is 11.3 Å². The van der Waals surface area contributed by atoms with Gasteiger partial charge in [0.15, 0.2) is 0 Å². The maximum Gasteiger partial charge on any atom is 0.293 e. The number of benzene rings is 2. The lowest BCUT2D eigenvalue weighted by molar-refractivity contribution is -0.764. The van der Waals surface area contributed by atoms with E-state index in [4.69, 9.17) is 4.74 Å². The van der Waals surface area contributed by atoms with Gasteiger partial charge in [0.2, 0.25) is 5.91 Å². The van der Waals surface area contributed by atoms with Crippen molar-refractivity contribution in [2.45, 2.75) is 18.2 Å². The summed E-state index contributed by atoms with van der Waals surface area (Å²) in [5, 5.41) is 18.1. The fourth-order valence-electron chi connectivity index (χ4n) is 3.66. The lowest BCUT2D eigenvalue weighted by atomic mass is 10.0. The van der Waals surface area contributed by atoms with Crippen LogP contribution in [0.3, 0.4) is 0 Å². The van der Waals surface area contributed by atoms with Gasteiger partial charge in [-0.25, -0.2) is 9.88 Å². The van der Waals surface area contributed by atoms with Gasteiger partial charge in [-0.05, 0) is 36.4 Å². The number of hydrogen-bond donors (Lipinski definition) is 0. The summed E-state index contributed by atoms with van der Waals surface area (Å²) in [5.41, 5.74) is 2.39. The van der Waals surface area contributed by atoms with Crippen molar-refractivity contribution in [3.8, 4) is 22.9 Å². The monoisotopic (exact) mass is 446 g/mol. The second-order valence-electron chi connectivity index (χ2n) is 7.04. The first-order chi connectivity index (χ1) is 15.5. The van der Waals surface area contributed by atoms with E-state index >= 15 is 0 Å². The van der Waals surface area contributed by atoms with Crippen molar-refractivity contribution in [3.63, 3.8) is 0 Å². The third kappa shape index (κ3) is 3.97. The van der Waals surface area contributed by atoms with Crippen LogP contribution in [0.15, 0.2) is 79.0 Å². The highest BCUT2D eigenvalue weighted by molar-refractivity contribution is 7.99. The van der Waals surface area contributed by atoms with Gasteiger partial charge in [0.1, 0.15) is 12.4 Å². The number of carbonyl (C=O) groups excluding carboxylic acids is 1. The topological polar surface area (TPSA) is 82.3 Å². The number of ether oxygens (including phenoxy) is 1. The summed E-state index contributed by atoms with van der Waals surface area (Å²) in [5.74, 6) is 0.683. The van der Waals surface area contributed by atoms with Gasteiger partial charge in [0.05, 0.1) is 17.1 Å². The van der Waals surface area contributed by atoms with Crippen molar-refractivity contribution in [1.29, 1.82) is 0 Å². The molecule has 0 radical (unpaired) electrons. The summed E-state index contributed by atoms with van der Waals surface area (Å²) in [6.45, 7) is 9.26. The van der Waals surface area contributed by atoms with Crippen LogP contribution < -0.4 is 19.4 Å². The fraction of sp³-hybridized carbons (Fsp3) is 0.167. The van der Waals surface area contributed by atoms with Crippen LogP contribution in [0, 0.1) is 0 Å². The molecule has 1 amide bonds. The molecular weight excluding hydrogens is 424 g/mol.